The van der Waals surface area contributed by atoms with Gasteiger partial charge in [0.25, 0.3) is 0 Å². The van der Waals surface area contributed by atoms with Gasteiger partial charge in [-0.05, 0) is 30.9 Å². The van der Waals surface area contributed by atoms with Crippen molar-refractivity contribution in [3.63, 3.8) is 0 Å². The number of carbonyl (C=O) groups is 1. The maximum absolute atomic E-state index is 12.2. The van der Waals surface area contributed by atoms with Crippen molar-refractivity contribution in [2.45, 2.75) is 46.0 Å². The van der Waals surface area contributed by atoms with Crippen LogP contribution in [0.4, 0.5) is 11.4 Å². The van der Waals surface area contributed by atoms with Crippen molar-refractivity contribution in [3.05, 3.63) is 17.1 Å². The predicted octanol–water partition coefficient (Wildman–Crippen LogP) is 4.26. The van der Waals surface area contributed by atoms with Gasteiger partial charge in [0, 0.05) is 56.8 Å². The highest BCUT2D eigenvalue weighted by Gasteiger charge is 2.26. The highest BCUT2D eigenvalue weighted by atomic mass is 32.2. The predicted molar refractivity (Wildman–Crippen MR) is 130 cm³/mol. The van der Waals surface area contributed by atoms with Crippen LogP contribution in [0.2, 0.25) is 0 Å². The van der Waals surface area contributed by atoms with Crippen LogP contribution in [0.3, 0.4) is 0 Å². The van der Waals surface area contributed by atoms with Gasteiger partial charge >= 0.3 is 0 Å². The number of nitrogens with zero attached hydrogens (tertiary/aromatic N) is 4. The first kappa shape index (κ1) is 21.9. The standard InChI is InChI=1S/C22H33N5OS2/c1-16-5-9-25(10-6-16)18-13-17-20(29-21(24-17)22(2,3)4)14-19(18)27(15-28)30-26-11-7-23-8-12-26/h13-16,23H,5-12H2,1-4H3. The molecular formula is C22H33N5OS2. The number of thiazole rings is 1. The number of hydrogen-bond acceptors (Lipinski definition) is 7. The Bertz CT molecular complexity index is 880. The Balaban J connectivity index is 1.73. The lowest BCUT2D eigenvalue weighted by atomic mass is 9.98. The normalized spacial score (nSPS) is 19.4. The molecule has 0 atom stereocenters. The van der Waals surface area contributed by atoms with E-state index in [2.05, 4.69) is 54.3 Å². The van der Waals surface area contributed by atoms with Crippen molar-refractivity contribution in [2.24, 2.45) is 5.92 Å². The van der Waals surface area contributed by atoms with E-state index < -0.39 is 0 Å². The van der Waals surface area contributed by atoms with Crippen molar-refractivity contribution in [1.82, 2.24) is 14.6 Å². The Hall–Kier alpha value is -1.35. The molecular weight excluding hydrogens is 414 g/mol. The van der Waals surface area contributed by atoms with Crippen LogP contribution in [0.25, 0.3) is 10.2 Å². The molecule has 0 saturated carbocycles. The lowest BCUT2D eigenvalue weighted by molar-refractivity contribution is -0.106. The maximum atomic E-state index is 12.2. The smallest absolute Gasteiger partial charge is 0.225 e. The van der Waals surface area contributed by atoms with E-state index in [1.165, 1.54) is 25.0 Å². The summed E-state index contributed by atoms with van der Waals surface area (Å²) in [5.74, 6) is 0.762. The Kier molecular flexibility index (Phi) is 6.58. The molecule has 0 spiro atoms. The zero-order valence-electron chi connectivity index (χ0n) is 18.5. The van der Waals surface area contributed by atoms with Crippen LogP contribution in [-0.2, 0) is 10.2 Å². The van der Waals surface area contributed by atoms with E-state index in [0.717, 1.165) is 78.2 Å². The van der Waals surface area contributed by atoms with E-state index in [9.17, 15) is 4.79 Å². The highest BCUT2D eigenvalue weighted by Crippen LogP contribution is 2.41. The fourth-order valence-corrected chi connectivity index (χ4v) is 5.83. The van der Waals surface area contributed by atoms with Crippen LogP contribution < -0.4 is 14.5 Å². The van der Waals surface area contributed by atoms with E-state index in [4.69, 9.17) is 4.98 Å². The molecule has 4 rings (SSSR count). The molecule has 30 heavy (non-hydrogen) atoms. The quantitative estimate of drug-likeness (QED) is 0.546. The minimum absolute atomic E-state index is 0.0183. The van der Waals surface area contributed by atoms with Crippen LogP contribution in [0.15, 0.2) is 12.1 Å². The van der Waals surface area contributed by atoms with E-state index in [1.54, 1.807) is 11.3 Å². The molecule has 0 unspecified atom stereocenters. The lowest BCUT2D eigenvalue weighted by Gasteiger charge is -2.35. The second kappa shape index (κ2) is 9.02. The molecule has 2 fully saturated rings. The zero-order valence-corrected chi connectivity index (χ0v) is 20.1. The molecule has 164 valence electrons. The molecule has 3 heterocycles. The van der Waals surface area contributed by atoms with Crippen LogP contribution in [-0.4, -0.2) is 55.0 Å². The van der Waals surface area contributed by atoms with Gasteiger partial charge in [0.05, 0.1) is 26.6 Å². The van der Waals surface area contributed by atoms with Gasteiger partial charge in [-0.25, -0.2) is 13.6 Å². The average molecular weight is 448 g/mol. The van der Waals surface area contributed by atoms with Gasteiger partial charge in [-0.15, -0.1) is 11.3 Å². The number of piperidine rings is 1. The van der Waals surface area contributed by atoms with Gasteiger partial charge in [-0.2, -0.15) is 0 Å². The summed E-state index contributed by atoms with van der Waals surface area (Å²) in [5.41, 5.74) is 3.18. The number of hydrogen-bond donors (Lipinski definition) is 1. The highest BCUT2D eigenvalue weighted by molar-refractivity contribution is 7.99. The Morgan fingerprint density at radius 1 is 1.20 bits per heavy atom. The van der Waals surface area contributed by atoms with E-state index in [0.29, 0.717) is 0 Å². The number of piperazine rings is 1. The van der Waals surface area contributed by atoms with Crippen molar-refractivity contribution < 1.29 is 4.79 Å². The molecule has 8 heteroatoms. The van der Waals surface area contributed by atoms with Crippen molar-refractivity contribution in [1.29, 1.82) is 0 Å². The molecule has 0 aliphatic carbocycles. The molecule has 1 N–H and O–H groups in total. The van der Waals surface area contributed by atoms with E-state index >= 15 is 0 Å². The molecule has 2 aliphatic rings. The largest absolute Gasteiger partial charge is 0.370 e. The zero-order chi connectivity index (χ0) is 21.3. The third kappa shape index (κ3) is 4.77. The molecule has 2 aromatic rings. The van der Waals surface area contributed by atoms with Crippen LogP contribution in [0, 0.1) is 5.92 Å². The van der Waals surface area contributed by atoms with Gasteiger partial charge in [0.1, 0.15) is 0 Å². The Morgan fingerprint density at radius 2 is 1.90 bits per heavy atom. The SMILES string of the molecule is CC1CCN(c2cc3nc(C(C)(C)C)sc3cc2N(C=O)SN2CCNCC2)CC1. The van der Waals surface area contributed by atoms with Crippen LogP contribution >= 0.6 is 23.5 Å². The van der Waals surface area contributed by atoms with Gasteiger partial charge in [-0.3, -0.25) is 4.79 Å². The average Bonchev–Trinajstić information content (AvgIpc) is 3.16. The molecule has 0 radical (unpaired) electrons. The molecule has 2 saturated heterocycles. The summed E-state index contributed by atoms with van der Waals surface area (Å²) in [6.45, 7) is 14.8. The summed E-state index contributed by atoms with van der Waals surface area (Å²) in [4.78, 5) is 19.6. The number of carbonyl (C=O) groups excluding carboxylic acids is 1. The molecule has 1 amide bonds. The van der Waals surface area contributed by atoms with Gasteiger partial charge in [0.15, 0.2) is 0 Å². The molecule has 6 nitrogen and oxygen atoms in total. The Labute approximate surface area is 188 Å². The molecule has 1 aromatic carbocycles. The number of rotatable bonds is 5. The first-order valence-corrected chi connectivity index (χ1v) is 12.5. The number of anilines is 2. The molecule has 0 bridgehead atoms. The third-order valence-electron chi connectivity index (χ3n) is 5.86. The fourth-order valence-electron chi connectivity index (χ4n) is 3.92. The third-order valence-corrected chi connectivity index (χ3v) is 8.36. The number of nitrogens with one attached hydrogen (secondary N) is 1. The molecule has 1 aromatic heterocycles. The van der Waals surface area contributed by atoms with E-state index in [1.807, 2.05) is 4.31 Å². The summed E-state index contributed by atoms with van der Waals surface area (Å²) in [5, 5.41) is 4.52. The Morgan fingerprint density at radius 3 is 2.53 bits per heavy atom. The number of fused-ring (bicyclic) bond motifs is 1. The van der Waals surface area contributed by atoms with Crippen LogP contribution in [0.5, 0.6) is 0 Å². The first-order valence-electron chi connectivity index (χ1n) is 10.9. The van der Waals surface area contributed by atoms with Crippen molar-refractivity contribution in [3.8, 4) is 0 Å². The summed E-state index contributed by atoms with van der Waals surface area (Å²) >= 11 is 3.28. The summed E-state index contributed by atoms with van der Waals surface area (Å²) < 4.78 is 5.23. The van der Waals surface area contributed by atoms with Gasteiger partial charge < -0.3 is 10.2 Å². The fraction of sp³-hybridized carbons (Fsp3) is 0.636. The minimum Gasteiger partial charge on any atom is -0.370 e. The minimum atomic E-state index is 0.0183. The van der Waals surface area contributed by atoms with Gasteiger partial charge in [0.2, 0.25) is 6.41 Å². The number of aromatic nitrogens is 1. The second-order valence-electron chi connectivity index (χ2n) is 9.44. The maximum Gasteiger partial charge on any atom is 0.225 e. The summed E-state index contributed by atoms with van der Waals surface area (Å²) in [7, 11) is 0. The van der Waals surface area contributed by atoms with Crippen molar-refractivity contribution in [2.75, 3.05) is 48.5 Å². The van der Waals surface area contributed by atoms with Gasteiger partial charge in [-0.1, -0.05) is 27.7 Å². The summed E-state index contributed by atoms with van der Waals surface area (Å²) in [6, 6.07) is 4.39. The van der Waals surface area contributed by atoms with Crippen LogP contribution in [0.1, 0.15) is 45.5 Å². The lowest BCUT2D eigenvalue weighted by Crippen LogP contribution is -2.41. The molecule has 2 aliphatic heterocycles. The second-order valence-corrected chi connectivity index (χ2v) is 11.5. The van der Waals surface area contributed by atoms with Crippen molar-refractivity contribution >= 4 is 51.5 Å². The topological polar surface area (TPSA) is 51.7 Å². The monoisotopic (exact) mass is 447 g/mol. The first-order chi connectivity index (χ1) is 14.3. The summed E-state index contributed by atoms with van der Waals surface area (Å²) in [6.07, 6.45) is 3.34. The number of benzene rings is 1. The number of amides is 1. The van der Waals surface area contributed by atoms with E-state index in [-0.39, 0.29) is 5.41 Å².